The molecule has 0 aliphatic heterocycles. The fourth-order valence-electron chi connectivity index (χ4n) is 1.35. The summed E-state index contributed by atoms with van der Waals surface area (Å²) in [5, 5.41) is 12.3. The lowest BCUT2D eigenvalue weighted by atomic mass is 10.3. The van der Waals surface area contributed by atoms with Gasteiger partial charge in [-0.05, 0) is 29.5 Å². The van der Waals surface area contributed by atoms with Gasteiger partial charge >= 0.3 is 0 Å². The number of halogens is 2. The predicted molar refractivity (Wildman–Crippen MR) is 64.7 cm³/mol. The molecule has 0 radical (unpaired) electrons. The van der Waals surface area contributed by atoms with E-state index in [9.17, 15) is 0 Å². The molecule has 2 aromatic rings. The number of hydrogen-bond donors (Lipinski definition) is 1. The molecule has 0 saturated heterocycles. The van der Waals surface area contributed by atoms with Crippen LogP contribution in [-0.4, -0.2) is 31.7 Å². The lowest BCUT2D eigenvalue weighted by Gasteiger charge is -2.04. The smallest absolute Gasteiger partial charge is 0.202 e. The van der Waals surface area contributed by atoms with E-state index in [0.29, 0.717) is 34.7 Å². The minimum absolute atomic E-state index is 0.418. The third-order valence-electron chi connectivity index (χ3n) is 2.13. The van der Waals surface area contributed by atoms with Crippen molar-refractivity contribution in [2.45, 2.75) is 13.0 Å². The van der Waals surface area contributed by atoms with E-state index in [-0.39, 0.29) is 0 Å². The second-order valence-electron chi connectivity index (χ2n) is 3.35. The molecule has 2 aromatic heterocycles. The Hall–Kier alpha value is -1.24. The van der Waals surface area contributed by atoms with E-state index in [1.54, 1.807) is 10.7 Å². The molecule has 0 atom stereocenters. The Labute approximate surface area is 108 Å². The summed E-state index contributed by atoms with van der Waals surface area (Å²) < 4.78 is 1.62. The summed E-state index contributed by atoms with van der Waals surface area (Å²) in [7, 11) is 0. The molecule has 2 N–H and O–H groups in total. The topological polar surface area (TPSA) is 82.5 Å². The van der Waals surface area contributed by atoms with Crippen LogP contribution in [0.3, 0.4) is 0 Å². The Balaban J connectivity index is 2.35. The summed E-state index contributed by atoms with van der Waals surface area (Å²) >= 11 is 11.8. The monoisotopic (exact) mass is 272 g/mol. The molecule has 0 spiro atoms. The number of rotatable bonds is 4. The van der Waals surface area contributed by atoms with Crippen LogP contribution in [0.1, 0.15) is 6.42 Å². The maximum Gasteiger partial charge on any atom is 0.202 e. The van der Waals surface area contributed by atoms with Crippen LogP contribution >= 0.6 is 23.2 Å². The third kappa shape index (κ3) is 2.71. The Kier molecular flexibility index (Phi) is 3.88. The van der Waals surface area contributed by atoms with Crippen LogP contribution in [0.5, 0.6) is 0 Å². The van der Waals surface area contributed by atoms with Crippen LogP contribution in [-0.2, 0) is 6.54 Å². The van der Waals surface area contributed by atoms with Crippen molar-refractivity contribution in [3.05, 3.63) is 22.3 Å². The molecular formula is C9H10Cl2N6. The molecule has 2 heterocycles. The second-order valence-corrected chi connectivity index (χ2v) is 4.20. The number of aryl methyl sites for hydroxylation is 1. The van der Waals surface area contributed by atoms with E-state index in [0.717, 1.165) is 6.42 Å². The van der Waals surface area contributed by atoms with Crippen LogP contribution in [0.2, 0.25) is 10.0 Å². The van der Waals surface area contributed by atoms with Crippen molar-refractivity contribution in [2.75, 3.05) is 6.54 Å². The van der Waals surface area contributed by atoms with E-state index in [4.69, 9.17) is 28.9 Å². The van der Waals surface area contributed by atoms with Crippen molar-refractivity contribution in [3.63, 3.8) is 0 Å². The first-order chi connectivity index (χ1) is 8.22. The molecule has 6 nitrogen and oxygen atoms in total. The molecule has 0 amide bonds. The lowest BCUT2D eigenvalue weighted by molar-refractivity contribution is 0.568. The average molecular weight is 273 g/mol. The van der Waals surface area contributed by atoms with Gasteiger partial charge in [0.2, 0.25) is 5.82 Å². The first kappa shape index (κ1) is 12.2. The molecule has 0 fully saturated rings. The summed E-state index contributed by atoms with van der Waals surface area (Å²) in [5.41, 5.74) is 5.95. The van der Waals surface area contributed by atoms with Gasteiger partial charge in [0.25, 0.3) is 0 Å². The van der Waals surface area contributed by atoms with Crippen molar-refractivity contribution >= 4 is 23.2 Å². The van der Waals surface area contributed by atoms with Gasteiger partial charge in [-0.25, -0.2) is 9.67 Å². The van der Waals surface area contributed by atoms with Gasteiger partial charge in [0, 0.05) is 12.7 Å². The van der Waals surface area contributed by atoms with Gasteiger partial charge in [0.15, 0.2) is 0 Å². The van der Waals surface area contributed by atoms with E-state index < -0.39 is 0 Å². The number of aromatic nitrogens is 5. The zero-order valence-corrected chi connectivity index (χ0v) is 10.4. The quantitative estimate of drug-likeness (QED) is 0.910. The molecule has 17 heavy (non-hydrogen) atoms. The number of nitrogens with zero attached hydrogens (tertiary/aromatic N) is 5. The Bertz CT molecular complexity index is 512. The van der Waals surface area contributed by atoms with Crippen LogP contribution in [0.4, 0.5) is 0 Å². The van der Waals surface area contributed by atoms with E-state index in [2.05, 4.69) is 20.5 Å². The fraction of sp³-hybridized carbons (Fsp3) is 0.333. The zero-order chi connectivity index (χ0) is 12.3. The highest BCUT2D eigenvalue weighted by atomic mass is 35.5. The molecule has 0 saturated carbocycles. The zero-order valence-electron chi connectivity index (χ0n) is 8.85. The maximum absolute atomic E-state index is 6.05. The van der Waals surface area contributed by atoms with Gasteiger partial charge in [-0.2, -0.15) is 0 Å². The Morgan fingerprint density at radius 2 is 2.18 bits per heavy atom. The SMILES string of the molecule is NCCCn1nnnc1-c1ncc(Cl)cc1Cl. The summed E-state index contributed by atoms with van der Waals surface area (Å²) in [6, 6.07) is 1.60. The third-order valence-corrected chi connectivity index (χ3v) is 2.62. The first-order valence-corrected chi connectivity index (χ1v) is 5.75. The van der Waals surface area contributed by atoms with Crippen molar-refractivity contribution in [2.24, 2.45) is 5.73 Å². The van der Waals surface area contributed by atoms with Crippen molar-refractivity contribution in [1.29, 1.82) is 0 Å². The maximum atomic E-state index is 6.05. The normalized spacial score (nSPS) is 10.8. The molecule has 90 valence electrons. The highest BCUT2D eigenvalue weighted by molar-refractivity contribution is 6.35. The average Bonchev–Trinajstić information content (AvgIpc) is 2.74. The molecule has 0 bridgehead atoms. The molecule has 8 heteroatoms. The lowest BCUT2D eigenvalue weighted by Crippen LogP contribution is -2.09. The van der Waals surface area contributed by atoms with Crippen molar-refractivity contribution in [3.8, 4) is 11.5 Å². The fourth-order valence-corrected chi connectivity index (χ4v) is 1.81. The number of pyridine rings is 1. The van der Waals surface area contributed by atoms with Crippen molar-refractivity contribution < 1.29 is 0 Å². The minimum Gasteiger partial charge on any atom is -0.330 e. The highest BCUT2D eigenvalue weighted by Crippen LogP contribution is 2.25. The van der Waals surface area contributed by atoms with E-state index in [1.165, 1.54) is 6.20 Å². The molecule has 0 aliphatic rings. The van der Waals surface area contributed by atoms with Gasteiger partial charge in [-0.15, -0.1) is 5.10 Å². The van der Waals surface area contributed by atoms with Gasteiger partial charge in [-0.1, -0.05) is 23.2 Å². The Morgan fingerprint density at radius 1 is 1.35 bits per heavy atom. The van der Waals surface area contributed by atoms with Crippen molar-refractivity contribution in [1.82, 2.24) is 25.2 Å². The van der Waals surface area contributed by atoms with E-state index in [1.807, 2.05) is 0 Å². The van der Waals surface area contributed by atoms with Gasteiger partial charge in [0.1, 0.15) is 5.69 Å². The largest absolute Gasteiger partial charge is 0.330 e. The van der Waals surface area contributed by atoms with Gasteiger partial charge < -0.3 is 5.73 Å². The van der Waals surface area contributed by atoms with Crippen LogP contribution in [0, 0.1) is 0 Å². The van der Waals surface area contributed by atoms with Crippen LogP contribution < -0.4 is 5.73 Å². The van der Waals surface area contributed by atoms with Crippen LogP contribution in [0.15, 0.2) is 12.3 Å². The second kappa shape index (κ2) is 5.39. The predicted octanol–water partition coefficient (Wildman–Crippen LogP) is 1.39. The first-order valence-electron chi connectivity index (χ1n) is 5.00. The summed E-state index contributed by atoms with van der Waals surface area (Å²) in [4.78, 5) is 4.13. The summed E-state index contributed by atoms with van der Waals surface area (Å²) in [6.07, 6.45) is 2.29. The highest BCUT2D eigenvalue weighted by Gasteiger charge is 2.13. The number of tetrazole rings is 1. The number of nitrogens with two attached hydrogens (primary N) is 1. The van der Waals surface area contributed by atoms with E-state index >= 15 is 0 Å². The molecular weight excluding hydrogens is 263 g/mol. The molecule has 2 rings (SSSR count). The van der Waals surface area contributed by atoms with Gasteiger partial charge in [0.05, 0.1) is 10.0 Å². The van der Waals surface area contributed by atoms with Gasteiger partial charge in [-0.3, -0.25) is 0 Å². The molecule has 0 aromatic carbocycles. The summed E-state index contributed by atoms with van der Waals surface area (Å²) in [5.74, 6) is 0.514. The standard InChI is InChI=1S/C9H10Cl2N6/c10-6-4-7(11)8(13-5-6)9-14-15-16-17(9)3-1-2-12/h4-5H,1-3,12H2. The minimum atomic E-state index is 0.418. The molecule has 0 unspecified atom stereocenters. The number of hydrogen-bond acceptors (Lipinski definition) is 5. The summed E-state index contributed by atoms with van der Waals surface area (Å²) in [6.45, 7) is 1.19. The Morgan fingerprint density at radius 3 is 2.88 bits per heavy atom. The molecule has 0 aliphatic carbocycles. The van der Waals surface area contributed by atoms with Crippen LogP contribution in [0.25, 0.3) is 11.5 Å².